The summed E-state index contributed by atoms with van der Waals surface area (Å²) in [4.78, 5) is 59.1. The molecule has 172 valence electrons. The highest BCUT2D eigenvalue weighted by molar-refractivity contribution is 5.94. The van der Waals surface area contributed by atoms with Crippen molar-refractivity contribution in [2.75, 3.05) is 6.61 Å². The Morgan fingerprint density at radius 1 is 0.833 bits per heavy atom. The van der Waals surface area contributed by atoms with E-state index in [1.807, 2.05) is 0 Å². The second-order valence-corrected chi connectivity index (χ2v) is 7.65. The van der Waals surface area contributed by atoms with Gasteiger partial charge in [0.1, 0.15) is 18.1 Å². The molecular formula is C18H33N5O7. The highest BCUT2D eigenvalue weighted by Gasteiger charge is 2.32. The average molecular weight is 431 g/mol. The number of nitrogens with two attached hydrogens (primary N) is 2. The van der Waals surface area contributed by atoms with E-state index < -0.39 is 72.2 Å². The number of aliphatic hydroxyl groups is 1. The van der Waals surface area contributed by atoms with Crippen molar-refractivity contribution < 1.29 is 34.2 Å². The first-order chi connectivity index (χ1) is 13.8. The first kappa shape index (κ1) is 27.3. The largest absolute Gasteiger partial charge is 0.480 e. The normalized spacial score (nSPS) is 15.1. The second kappa shape index (κ2) is 12.8. The minimum absolute atomic E-state index is 0.00104. The minimum atomic E-state index is -1.42. The summed E-state index contributed by atoms with van der Waals surface area (Å²) in [7, 11) is 0. The summed E-state index contributed by atoms with van der Waals surface area (Å²) in [6, 6.07) is -4.77. The molecule has 30 heavy (non-hydrogen) atoms. The number of amides is 4. The number of carbonyl (C=O) groups is 5. The van der Waals surface area contributed by atoms with E-state index in [0.29, 0.717) is 0 Å². The summed E-state index contributed by atoms with van der Waals surface area (Å²) in [5.41, 5.74) is 10.7. The van der Waals surface area contributed by atoms with Crippen LogP contribution in [0.2, 0.25) is 0 Å². The molecule has 0 saturated heterocycles. The van der Waals surface area contributed by atoms with E-state index in [4.69, 9.17) is 16.6 Å². The van der Waals surface area contributed by atoms with Crippen LogP contribution in [-0.2, 0) is 24.0 Å². The van der Waals surface area contributed by atoms with Gasteiger partial charge in [-0.05, 0) is 18.3 Å². The maximum atomic E-state index is 12.6. The molecule has 12 nitrogen and oxygen atoms in total. The van der Waals surface area contributed by atoms with Crippen molar-refractivity contribution in [3.63, 3.8) is 0 Å². The van der Waals surface area contributed by atoms with Crippen LogP contribution in [-0.4, -0.2) is 70.6 Å². The molecule has 0 saturated carbocycles. The molecule has 0 spiro atoms. The van der Waals surface area contributed by atoms with Crippen LogP contribution in [0.25, 0.3) is 0 Å². The van der Waals surface area contributed by atoms with Gasteiger partial charge in [-0.1, -0.05) is 27.7 Å². The van der Waals surface area contributed by atoms with Gasteiger partial charge in [0.15, 0.2) is 0 Å². The zero-order chi connectivity index (χ0) is 23.6. The fourth-order valence-electron chi connectivity index (χ4n) is 2.45. The molecule has 0 heterocycles. The van der Waals surface area contributed by atoms with Gasteiger partial charge in [0.25, 0.3) is 0 Å². The number of hydrogen-bond donors (Lipinski definition) is 7. The van der Waals surface area contributed by atoms with Crippen LogP contribution in [0.1, 0.15) is 40.5 Å². The Morgan fingerprint density at radius 2 is 1.33 bits per heavy atom. The SMILES string of the molecule is CC(C)C(NC(=O)C(CO)NC(=O)C(NC(=O)C(N)CCC(N)=O)C(C)C)C(=O)O. The Morgan fingerprint density at radius 3 is 1.73 bits per heavy atom. The van der Waals surface area contributed by atoms with Crippen LogP contribution >= 0.6 is 0 Å². The quantitative estimate of drug-likeness (QED) is 0.164. The van der Waals surface area contributed by atoms with E-state index in [1.54, 1.807) is 27.7 Å². The molecule has 0 aromatic carbocycles. The lowest BCUT2D eigenvalue weighted by molar-refractivity contribution is -0.144. The number of aliphatic carboxylic acids is 1. The summed E-state index contributed by atoms with van der Waals surface area (Å²) >= 11 is 0. The zero-order valence-electron chi connectivity index (χ0n) is 17.7. The third kappa shape index (κ3) is 9.18. The Bertz CT molecular complexity index is 638. The van der Waals surface area contributed by atoms with Crippen molar-refractivity contribution in [1.29, 1.82) is 0 Å². The molecule has 4 atom stereocenters. The van der Waals surface area contributed by atoms with E-state index in [-0.39, 0.29) is 12.8 Å². The molecule has 4 amide bonds. The van der Waals surface area contributed by atoms with Gasteiger partial charge in [-0.25, -0.2) is 4.79 Å². The smallest absolute Gasteiger partial charge is 0.326 e. The van der Waals surface area contributed by atoms with Gasteiger partial charge >= 0.3 is 5.97 Å². The summed E-state index contributed by atoms with van der Waals surface area (Å²) < 4.78 is 0. The molecule has 9 N–H and O–H groups in total. The Hall–Kier alpha value is -2.73. The number of hydrogen-bond acceptors (Lipinski definition) is 7. The summed E-state index contributed by atoms with van der Waals surface area (Å²) in [5, 5.41) is 25.7. The third-order valence-corrected chi connectivity index (χ3v) is 4.33. The van der Waals surface area contributed by atoms with Crippen molar-refractivity contribution in [1.82, 2.24) is 16.0 Å². The number of rotatable bonds is 13. The summed E-state index contributed by atoms with van der Waals surface area (Å²) in [5.74, 6) is -5.01. The molecule has 0 aromatic rings. The highest BCUT2D eigenvalue weighted by atomic mass is 16.4. The van der Waals surface area contributed by atoms with Gasteiger partial charge in [0.2, 0.25) is 23.6 Å². The number of carbonyl (C=O) groups excluding carboxylic acids is 4. The van der Waals surface area contributed by atoms with E-state index >= 15 is 0 Å². The summed E-state index contributed by atoms with van der Waals surface area (Å²) in [6.07, 6.45) is -0.0957. The molecule has 0 aliphatic rings. The van der Waals surface area contributed by atoms with Crippen molar-refractivity contribution in [2.24, 2.45) is 23.3 Å². The van der Waals surface area contributed by atoms with Crippen molar-refractivity contribution in [3.8, 4) is 0 Å². The highest BCUT2D eigenvalue weighted by Crippen LogP contribution is 2.06. The predicted molar refractivity (Wildman–Crippen MR) is 107 cm³/mol. The van der Waals surface area contributed by atoms with Gasteiger partial charge in [0, 0.05) is 6.42 Å². The number of carboxylic acid groups (broad SMARTS) is 1. The third-order valence-electron chi connectivity index (χ3n) is 4.33. The van der Waals surface area contributed by atoms with E-state index in [2.05, 4.69) is 16.0 Å². The molecule has 0 rings (SSSR count). The van der Waals surface area contributed by atoms with Crippen molar-refractivity contribution >= 4 is 29.6 Å². The van der Waals surface area contributed by atoms with Gasteiger partial charge in [0.05, 0.1) is 12.6 Å². The van der Waals surface area contributed by atoms with Crippen LogP contribution in [0, 0.1) is 11.8 Å². The number of primary amides is 1. The molecule has 4 unspecified atom stereocenters. The number of aliphatic hydroxyl groups excluding tert-OH is 1. The first-order valence-electron chi connectivity index (χ1n) is 9.60. The van der Waals surface area contributed by atoms with Crippen molar-refractivity contribution in [3.05, 3.63) is 0 Å². The predicted octanol–water partition coefficient (Wildman–Crippen LogP) is -2.58. The molecule has 0 fully saturated rings. The van der Waals surface area contributed by atoms with E-state index in [9.17, 15) is 29.1 Å². The molecule has 12 heteroatoms. The van der Waals surface area contributed by atoms with E-state index in [1.165, 1.54) is 0 Å². The lowest BCUT2D eigenvalue weighted by Gasteiger charge is -2.26. The zero-order valence-corrected chi connectivity index (χ0v) is 17.7. The van der Waals surface area contributed by atoms with Crippen molar-refractivity contribution in [2.45, 2.75) is 64.7 Å². The number of nitrogens with one attached hydrogen (secondary N) is 3. The van der Waals surface area contributed by atoms with Crippen LogP contribution in [0.4, 0.5) is 0 Å². The van der Waals surface area contributed by atoms with Crippen LogP contribution in [0.3, 0.4) is 0 Å². The standard InChI is InChI=1S/C18H33N5O7/c1-8(2)13(22-15(26)10(19)5-6-12(20)25)17(28)21-11(7-24)16(27)23-14(9(3)4)18(29)30/h8-11,13-14,24H,5-7,19H2,1-4H3,(H2,20,25)(H,21,28)(H,22,26)(H,23,27)(H,29,30). The molecule has 0 bridgehead atoms. The second-order valence-electron chi connectivity index (χ2n) is 7.65. The molecule has 0 radical (unpaired) electrons. The minimum Gasteiger partial charge on any atom is -0.480 e. The fourth-order valence-corrected chi connectivity index (χ4v) is 2.45. The molecule has 0 aliphatic carbocycles. The van der Waals surface area contributed by atoms with Gasteiger partial charge in [-0.2, -0.15) is 0 Å². The molecular weight excluding hydrogens is 398 g/mol. The number of carboxylic acids is 1. The molecule has 0 aromatic heterocycles. The monoisotopic (exact) mass is 431 g/mol. The van der Waals surface area contributed by atoms with Crippen LogP contribution in [0.5, 0.6) is 0 Å². The maximum absolute atomic E-state index is 12.6. The van der Waals surface area contributed by atoms with Gasteiger partial charge in [-0.15, -0.1) is 0 Å². The molecule has 0 aliphatic heterocycles. The Balaban J connectivity index is 5.13. The lowest BCUT2D eigenvalue weighted by atomic mass is 10.0. The topological polar surface area (TPSA) is 214 Å². The van der Waals surface area contributed by atoms with E-state index in [0.717, 1.165) is 0 Å². The average Bonchev–Trinajstić information content (AvgIpc) is 2.64. The lowest BCUT2D eigenvalue weighted by Crippen LogP contribution is -2.59. The summed E-state index contributed by atoms with van der Waals surface area (Å²) in [6.45, 7) is 5.70. The maximum Gasteiger partial charge on any atom is 0.326 e. The van der Waals surface area contributed by atoms with Gasteiger partial charge in [-0.3, -0.25) is 19.2 Å². The Kier molecular flexibility index (Phi) is 11.6. The Labute approximate surface area is 175 Å². The van der Waals surface area contributed by atoms with Crippen LogP contribution < -0.4 is 27.4 Å². The van der Waals surface area contributed by atoms with Crippen LogP contribution in [0.15, 0.2) is 0 Å². The fraction of sp³-hybridized carbons (Fsp3) is 0.722. The first-order valence-corrected chi connectivity index (χ1v) is 9.60. The van der Waals surface area contributed by atoms with Gasteiger partial charge < -0.3 is 37.6 Å².